The van der Waals surface area contributed by atoms with Crippen molar-refractivity contribution >= 4 is 34.0 Å². The van der Waals surface area contributed by atoms with Crippen molar-refractivity contribution in [3.05, 3.63) is 59.2 Å². The molecule has 17 heteroatoms. The third kappa shape index (κ3) is 11.8. The number of hydrogen-bond donors (Lipinski definition) is 4. The zero-order chi connectivity index (χ0) is 32.9. The number of alkyl carbamates (subject to hydrolysis) is 1. The molecule has 0 saturated carbocycles. The zero-order valence-corrected chi connectivity index (χ0v) is 24.7. The Hall–Kier alpha value is -4.22. The molecule has 2 rings (SSSR count). The summed E-state index contributed by atoms with van der Waals surface area (Å²) in [5.41, 5.74) is 6.51. The molecular weight excluding hydrogens is 613 g/mol. The van der Waals surface area contributed by atoms with Gasteiger partial charge in [-0.1, -0.05) is 30.3 Å². The number of nitrogens with two attached hydrogens (primary N) is 1. The molecule has 0 aliphatic heterocycles. The van der Waals surface area contributed by atoms with Crippen LogP contribution in [0.2, 0.25) is 0 Å². The van der Waals surface area contributed by atoms with Gasteiger partial charge in [-0.2, -0.15) is 17.9 Å². The van der Waals surface area contributed by atoms with Crippen LogP contribution in [0, 0.1) is 13.8 Å². The van der Waals surface area contributed by atoms with E-state index >= 15 is 0 Å². The third-order valence-corrected chi connectivity index (χ3v) is 7.47. The van der Waals surface area contributed by atoms with Crippen molar-refractivity contribution in [2.75, 3.05) is 26.2 Å². The molecule has 5 N–H and O–H groups in total. The van der Waals surface area contributed by atoms with Gasteiger partial charge >= 0.3 is 24.2 Å². The van der Waals surface area contributed by atoms with Crippen molar-refractivity contribution in [2.24, 2.45) is 5.73 Å². The number of nitrogens with one attached hydrogen (secondary N) is 3. The Morgan fingerprint density at radius 3 is 2.18 bits per heavy atom. The molecule has 0 spiro atoms. The maximum Gasteiger partial charge on any atom is 0.491 e. The molecule has 0 saturated heterocycles. The van der Waals surface area contributed by atoms with E-state index in [0.29, 0.717) is 6.42 Å². The van der Waals surface area contributed by atoms with E-state index in [1.165, 1.54) is 26.0 Å². The molecule has 0 bridgehead atoms. The predicted octanol–water partition coefficient (Wildman–Crippen LogP) is 1.74. The van der Waals surface area contributed by atoms with Gasteiger partial charge in [0.25, 0.3) is 0 Å². The minimum absolute atomic E-state index is 0.106. The fourth-order valence-corrected chi connectivity index (χ4v) is 5.38. The lowest BCUT2D eigenvalue weighted by molar-refractivity contribution is -0.202. The van der Waals surface area contributed by atoms with Crippen LogP contribution in [0.5, 0.6) is 5.75 Å². The molecular formula is C27H33F3N4O9S. The first-order valence-electron chi connectivity index (χ1n) is 13.1. The summed E-state index contributed by atoms with van der Waals surface area (Å²) in [6.07, 6.45) is -5.65. The van der Waals surface area contributed by atoms with Crippen LogP contribution in [0.25, 0.3) is 0 Å². The standard InChI is InChI=1S/C27H33F3N4O9S/c1-17-13-20(14-18(2)23(17)44(39,40)34-21(15-31)24(36)43-25(37)27(28,29)30)41-12-6-9-22(35)32-10-11-33-26(38)42-16-19-7-4-3-5-8-19/h3-5,7-8,13-14,21,34H,6,9-12,15-16,31H2,1-2H3,(H,32,35)(H,33,38)/t21-/m0/s1. The maximum atomic E-state index is 12.9. The Bertz CT molecular complexity index is 1400. The van der Waals surface area contributed by atoms with E-state index < -0.39 is 46.8 Å². The largest absolute Gasteiger partial charge is 0.494 e. The van der Waals surface area contributed by atoms with Gasteiger partial charge in [-0.15, -0.1) is 0 Å². The predicted molar refractivity (Wildman–Crippen MR) is 149 cm³/mol. The number of hydrogen-bond acceptors (Lipinski definition) is 10. The van der Waals surface area contributed by atoms with Gasteiger partial charge in [0.15, 0.2) is 0 Å². The van der Waals surface area contributed by atoms with E-state index in [9.17, 15) is 40.8 Å². The number of aryl methyl sites for hydroxylation is 2. The molecule has 2 amide bonds. The van der Waals surface area contributed by atoms with Crippen LogP contribution in [-0.2, 0) is 40.5 Å². The smallest absolute Gasteiger partial charge is 0.491 e. The van der Waals surface area contributed by atoms with Crippen LogP contribution in [0.15, 0.2) is 47.4 Å². The summed E-state index contributed by atoms with van der Waals surface area (Å²) in [5.74, 6) is -4.61. The summed E-state index contributed by atoms with van der Waals surface area (Å²) in [6.45, 7) is 2.65. The number of amides is 2. The van der Waals surface area contributed by atoms with Gasteiger partial charge in [0.05, 0.1) is 11.5 Å². The van der Waals surface area contributed by atoms with Crippen molar-refractivity contribution in [3.8, 4) is 5.75 Å². The molecule has 0 aliphatic carbocycles. The number of benzene rings is 2. The molecule has 1 atom stereocenters. The zero-order valence-electron chi connectivity index (χ0n) is 23.9. The fourth-order valence-electron chi connectivity index (χ4n) is 3.73. The topological polar surface area (TPSA) is 192 Å². The van der Waals surface area contributed by atoms with Gasteiger partial charge in [-0.05, 0) is 49.1 Å². The third-order valence-electron chi connectivity index (χ3n) is 5.69. The van der Waals surface area contributed by atoms with Gasteiger partial charge in [0, 0.05) is 26.1 Å². The van der Waals surface area contributed by atoms with E-state index in [0.717, 1.165) is 5.56 Å². The van der Waals surface area contributed by atoms with Gasteiger partial charge in [0.2, 0.25) is 15.9 Å². The van der Waals surface area contributed by atoms with E-state index in [4.69, 9.17) is 15.2 Å². The Balaban J connectivity index is 1.78. The first-order valence-corrected chi connectivity index (χ1v) is 14.6. The molecule has 0 unspecified atom stereocenters. The quantitative estimate of drug-likeness (QED) is 0.126. The highest BCUT2D eigenvalue weighted by Gasteiger charge is 2.43. The Morgan fingerprint density at radius 2 is 1.59 bits per heavy atom. The molecule has 242 valence electrons. The Kier molecular flexibility index (Phi) is 13.6. The van der Waals surface area contributed by atoms with Crippen molar-refractivity contribution in [1.82, 2.24) is 15.4 Å². The van der Waals surface area contributed by atoms with Gasteiger partial charge in [-0.3, -0.25) is 4.79 Å². The molecule has 13 nitrogen and oxygen atoms in total. The summed E-state index contributed by atoms with van der Waals surface area (Å²) in [4.78, 5) is 46.3. The minimum atomic E-state index is -5.46. The van der Waals surface area contributed by atoms with Crippen molar-refractivity contribution in [1.29, 1.82) is 0 Å². The van der Waals surface area contributed by atoms with E-state index in [1.54, 1.807) is 0 Å². The molecule has 2 aromatic carbocycles. The lowest BCUT2D eigenvalue weighted by atomic mass is 10.1. The molecule has 0 heterocycles. The summed E-state index contributed by atoms with van der Waals surface area (Å²) in [5, 5.41) is 5.17. The maximum absolute atomic E-state index is 12.9. The lowest BCUT2D eigenvalue weighted by Gasteiger charge is -2.18. The summed E-state index contributed by atoms with van der Waals surface area (Å²) in [7, 11) is -4.50. The number of carbonyl (C=O) groups excluding carboxylic acids is 4. The van der Waals surface area contributed by atoms with Crippen LogP contribution >= 0.6 is 0 Å². The molecule has 0 aromatic heterocycles. The number of alkyl halides is 3. The van der Waals surface area contributed by atoms with E-state index in [2.05, 4.69) is 15.4 Å². The summed E-state index contributed by atoms with van der Waals surface area (Å²) in [6, 6.07) is 9.94. The summed E-state index contributed by atoms with van der Waals surface area (Å²) < 4.78 is 79.2. The van der Waals surface area contributed by atoms with E-state index in [-0.39, 0.29) is 60.4 Å². The normalized spacial score (nSPS) is 12.1. The number of esters is 2. The van der Waals surface area contributed by atoms with Crippen molar-refractivity contribution in [3.63, 3.8) is 0 Å². The number of sulfonamides is 1. The molecule has 0 fully saturated rings. The van der Waals surface area contributed by atoms with Crippen molar-refractivity contribution in [2.45, 2.75) is 50.4 Å². The molecule has 44 heavy (non-hydrogen) atoms. The minimum Gasteiger partial charge on any atom is -0.494 e. The number of halogens is 3. The second-order valence-electron chi connectivity index (χ2n) is 9.29. The Labute approximate surface area is 251 Å². The Morgan fingerprint density at radius 1 is 0.977 bits per heavy atom. The highest BCUT2D eigenvalue weighted by Crippen LogP contribution is 2.26. The number of ether oxygens (including phenoxy) is 3. The average Bonchev–Trinajstić information content (AvgIpc) is 2.94. The van der Waals surface area contributed by atoms with Crippen LogP contribution < -0.4 is 25.8 Å². The highest BCUT2D eigenvalue weighted by molar-refractivity contribution is 7.89. The second kappa shape index (κ2) is 16.6. The van der Waals surface area contributed by atoms with Gasteiger partial charge in [-0.25, -0.2) is 22.8 Å². The van der Waals surface area contributed by atoms with Crippen LogP contribution in [0.1, 0.15) is 29.5 Å². The van der Waals surface area contributed by atoms with Gasteiger partial charge in [0.1, 0.15) is 18.4 Å². The van der Waals surface area contributed by atoms with Crippen LogP contribution in [-0.4, -0.2) is 70.8 Å². The van der Waals surface area contributed by atoms with Gasteiger partial charge < -0.3 is 30.6 Å². The van der Waals surface area contributed by atoms with Crippen molar-refractivity contribution < 1.29 is 55.0 Å². The lowest BCUT2D eigenvalue weighted by Crippen LogP contribution is -2.48. The SMILES string of the molecule is Cc1cc(OCCCC(=O)NCCNC(=O)OCc2ccccc2)cc(C)c1S(=O)(=O)N[C@@H](CN)C(=O)OC(=O)C(F)(F)F. The average molecular weight is 647 g/mol. The van der Waals surface area contributed by atoms with Crippen LogP contribution in [0.4, 0.5) is 18.0 Å². The fraction of sp³-hybridized carbons (Fsp3) is 0.407. The molecule has 0 radical (unpaired) electrons. The highest BCUT2D eigenvalue weighted by atomic mass is 32.2. The molecule has 0 aliphatic rings. The number of carbonyl (C=O) groups is 4. The number of rotatable bonds is 15. The first kappa shape index (κ1) is 36.0. The van der Waals surface area contributed by atoms with Crippen LogP contribution in [0.3, 0.4) is 0 Å². The first-order chi connectivity index (χ1) is 20.6. The van der Waals surface area contributed by atoms with E-state index in [1.807, 2.05) is 35.1 Å². The molecule has 2 aromatic rings. The second-order valence-corrected chi connectivity index (χ2v) is 10.9. The summed E-state index contributed by atoms with van der Waals surface area (Å²) >= 11 is 0. The monoisotopic (exact) mass is 646 g/mol.